The minimum absolute atomic E-state index is 0.260. The second-order valence-corrected chi connectivity index (χ2v) is 5.44. The SMILES string of the molecule is Cn1cc(C(=O)CC2CCCCN2)c2ccccc21. The van der Waals surface area contributed by atoms with E-state index in [2.05, 4.69) is 11.4 Å². The highest BCUT2D eigenvalue weighted by atomic mass is 16.1. The van der Waals surface area contributed by atoms with Gasteiger partial charge >= 0.3 is 0 Å². The van der Waals surface area contributed by atoms with Crippen LogP contribution in [0.2, 0.25) is 0 Å². The van der Waals surface area contributed by atoms with Crippen LogP contribution in [0.3, 0.4) is 0 Å². The second kappa shape index (κ2) is 5.17. The van der Waals surface area contributed by atoms with Crippen LogP contribution in [-0.4, -0.2) is 22.9 Å². The summed E-state index contributed by atoms with van der Waals surface area (Å²) in [5.41, 5.74) is 1.99. The molecule has 1 fully saturated rings. The molecule has 2 heterocycles. The molecule has 1 aromatic heterocycles. The Labute approximate surface area is 113 Å². The van der Waals surface area contributed by atoms with E-state index in [0.29, 0.717) is 12.5 Å². The van der Waals surface area contributed by atoms with E-state index in [9.17, 15) is 4.79 Å². The summed E-state index contributed by atoms with van der Waals surface area (Å²) < 4.78 is 2.04. The number of piperidine rings is 1. The number of aryl methyl sites for hydroxylation is 1. The van der Waals surface area contributed by atoms with Crippen molar-refractivity contribution in [3.8, 4) is 0 Å². The highest BCUT2D eigenvalue weighted by Gasteiger charge is 2.20. The van der Waals surface area contributed by atoms with Crippen molar-refractivity contribution >= 4 is 16.7 Å². The molecule has 3 heteroatoms. The molecule has 0 saturated carbocycles. The molecule has 1 aliphatic heterocycles. The average Bonchev–Trinajstić information content (AvgIpc) is 2.78. The van der Waals surface area contributed by atoms with Crippen LogP contribution >= 0.6 is 0 Å². The van der Waals surface area contributed by atoms with Gasteiger partial charge in [0, 0.05) is 42.2 Å². The number of aromatic nitrogens is 1. The molecule has 0 amide bonds. The van der Waals surface area contributed by atoms with E-state index in [4.69, 9.17) is 0 Å². The van der Waals surface area contributed by atoms with Gasteiger partial charge in [-0.2, -0.15) is 0 Å². The van der Waals surface area contributed by atoms with Crippen LogP contribution in [0.4, 0.5) is 0 Å². The van der Waals surface area contributed by atoms with Gasteiger partial charge < -0.3 is 9.88 Å². The number of rotatable bonds is 3. The fourth-order valence-corrected chi connectivity index (χ4v) is 3.00. The quantitative estimate of drug-likeness (QED) is 0.857. The molecule has 1 aliphatic rings. The molecule has 2 aromatic rings. The predicted molar refractivity (Wildman–Crippen MR) is 77.5 cm³/mol. The van der Waals surface area contributed by atoms with Gasteiger partial charge in [-0.25, -0.2) is 0 Å². The Morgan fingerprint density at radius 3 is 3.00 bits per heavy atom. The number of nitrogens with zero attached hydrogens (tertiary/aromatic N) is 1. The maximum absolute atomic E-state index is 12.5. The Kier molecular flexibility index (Phi) is 3.38. The van der Waals surface area contributed by atoms with Crippen molar-refractivity contribution in [2.24, 2.45) is 7.05 Å². The first-order chi connectivity index (χ1) is 9.25. The highest BCUT2D eigenvalue weighted by molar-refractivity contribution is 6.08. The second-order valence-electron chi connectivity index (χ2n) is 5.44. The Morgan fingerprint density at radius 2 is 2.21 bits per heavy atom. The number of para-hydroxylation sites is 1. The van der Waals surface area contributed by atoms with Crippen LogP contribution in [0, 0.1) is 0 Å². The molecule has 0 radical (unpaired) electrons. The maximum Gasteiger partial charge on any atom is 0.166 e. The van der Waals surface area contributed by atoms with Crippen molar-refractivity contribution in [2.75, 3.05) is 6.54 Å². The first kappa shape index (κ1) is 12.4. The van der Waals surface area contributed by atoms with E-state index in [1.54, 1.807) is 0 Å². The first-order valence-electron chi connectivity index (χ1n) is 7.06. The van der Waals surface area contributed by atoms with Crippen LogP contribution in [0.1, 0.15) is 36.0 Å². The molecule has 0 spiro atoms. The number of fused-ring (bicyclic) bond motifs is 1. The van der Waals surface area contributed by atoms with Crippen molar-refractivity contribution in [3.05, 3.63) is 36.0 Å². The Hall–Kier alpha value is -1.61. The van der Waals surface area contributed by atoms with Crippen molar-refractivity contribution in [3.63, 3.8) is 0 Å². The molecular weight excluding hydrogens is 236 g/mol. The summed E-state index contributed by atoms with van der Waals surface area (Å²) in [5.74, 6) is 0.260. The average molecular weight is 256 g/mol. The van der Waals surface area contributed by atoms with E-state index in [0.717, 1.165) is 29.4 Å². The monoisotopic (exact) mass is 256 g/mol. The van der Waals surface area contributed by atoms with Crippen molar-refractivity contribution in [1.82, 2.24) is 9.88 Å². The smallest absolute Gasteiger partial charge is 0.166 e. The van der Waals surface area contributed by atoms with E-state index < -0.39 is 0 Å². The third-order valence-electron chi connectivity index (χ3n) is 4.04. The van der Waals surface area contributed by atoms with Crippen LogP contribution in [-0.2, 0) is 7.05 Å². The summed E-state index contributed by atoms with van der Waals surface area (Å²) in [7, 11) is 2.00. The lowest BCUT2D eigenvalue weighted by Gasteiger charge is -2.22. The van der Waals surface area contributed by atoms with Gasteiger partial charge in [0.2, 0.25) is 0 Å². The third-order valence-corrected chi connectivity index (χ3v) is 4.04. The number of carbonyl (C=O) groups excluding carboxylic acids is 1. The topological polar surface area (TPSA) is 34.0 Å². The van der Waals surface area contributed by atoms with Gasteiger partial charge in [0.05, 0.1) is 0 Å². The summed E-state index contributed by atoms with van der Waals surface area (Å²) in [6.45, 7) is 1.05. The molecule has 1 atom stereocenters. The lowest BCUT2D eigenvalue weighted by molar-refractivity contribution is 0.0965. The number of hydrogen-bond donors (Lipinski definition) is 1. The lowest BCUT2D eigenvalue weighted by atomic mass is 9.97. The summed E-state index contributed by atoms with van der Waals surface area (Å²) in [6, 6.07) is 8.47. The maximum atomic E-state index is 12.5. The molecule has 0 bridgehead atoms. The van der Waals surface area contributed by atoms with Crippen LogP contribution in [0.15, 0.2) is 30.5 Å². The number of nitrogens with one attached hydrogen (secondary N) is 1. The van der Waals surface area contributed by atoms with E-state index >= 15 is 0 Å². The molecule has 3 rings (SSSR count). The summed E-state index contributed by atoms with van der Waals surface area (Å²) in [6.07, 6.45) is 6.18. The summed E-state index contributed by atoms with van der Waals surface area (Å²) in [5, 5.41) is 4.52. The van der Waals surface area contributed by atoms with Gasteiger partial charge in [-0.3, -0.25) is 4.79 Å². The largest absolute Gasteiger partial charge is 0.350 e. The Bertz CT molecular complexity index is 594. The molecule has 1 saturated heterocycles. The van der Waals surface area contributed by atoms with Gasteiger partial charge in [-0.1, -0.05) is 24.6 Å². The minimum Gasteiger partial charge on any atom is -0.350 e. The minimum atomic E-state index is 0.260. The normalized spacial score (nSPS) is 19.7. The van der Waals surface area contributed by atoms with Crippen molar-refractivity contribution in [2.45, 2.75) is 31.7 Å². The molecule has 100 valence electrons. The highest BCUT2D eigenvalue weighted by Crippen LogP contribution is 2.23. The number of carbonyl (C=O) groups is 1. The van der Waals surface area contributed by atoms with Crippen LogP contribution in [0.25, 0.3) is 10.9 Å². The Balaban J connectivity index is 1.85. The molecule has 3 nitrogen and oxygen atoms in total. The zero-order chi connectivity index (χ0) is 13.2. The standard InChI is InChI=1S/C16H20N2O/c1-18-11-14(13-7-2-3-8-15(13)18)16(19)10-12-6-4-5-9-17-12/h2-3,7-8,11-12,17H,4-6,9-10H2,1H3. The number of Topliss-reactive ketones (excluding diaryl/α,β-unsaturated/α-hetero) is 1. The van der Waals surface area contributed by atoms with Crippen molar-refractivity contribution in [1.29, 1.82) is 0 Å². The summed E-state index contributed by atoms with van der Waals surface area (Å²) >= 11 is 0. The number of benzene rings is 1. The zero-order valence-electron chi connectivity index (χ0n) is 11.4. The molecular formula is C16H20N2O. The summed E-state index contributed by atoms with van der Waals surface area (Å²) in [4.78, 5) is 12.5. The predicted octanol–water partition coefficient (Wildman–Crippen LogP) is 2.89. The molecule has 1 unspecified atom stereocenters. The van der Waals surface area contributed by atoms with E-state index in [1.807, 2.05) is 36.0 Å². The van der Waals surface area contributed by atoms with Crippen LogP contribution in [0.5, 0.6) is 0 Å². The molecule has 1 aromatic carbocycles. The van der Waals surface area contributed by atoms with Gasteiger partial charge in [-0.05, 0) is 25.5 Å². The Morgan fingerprint density at radius 1 is 1.37 bits per heavy atom. The van der Waals surface area contributed by atoms with E-state index in [1.165, 1.54) is 12.8 Å². The zero-order valence-corrected chi connectivity index (χ0v) is 11.4. The van der Waals surface area contributed by atoms with Crippen molar-refractivity contribution < 1.29 is 4.79 Å². The number of hydrogen-bond acceptors (Lipinski definition) is 2. The third kappa shape index (κ3) is 2.43. The van der Waals surface area contributed by atoms with Crippen LogP contribution < -0.4 is 5.32 Å². The van der Waals surface area contributed by atoms with Gasteiger partial charge in [-0.15, -0.1) is 0 Å². The number of ketones is 1. The molecule has 19 heavy (non-hydrogen) atoms. The fourth-order valence-electron chi connectivity index (χ4n) is 3.00. The van der Waals surface area contributed by atoms with Gasteiger partial charge in [0.1, 0.15) is 0 Å². The van der Waals surface area contributed by atoms with Gasteiger partial charge in [0.25, 0.3) is 0 Å². The van der Waals surface area contributed by atoms with E-state index in [-0.39, 0.29) is 5.78 Å². The first-order valence-corrected chi connectivity index (χ1v) is 7.06. The van der Waals surface area contributed by atoms with Gasteiger partial charge in [0.15, 0.2) is 5.78 Å². The molecule has 1 N–H and O–H groups in total. The fraction of sp³-hybridized carbons (Fsp3) is 0.438. The lowest BCUT2D eigenvalue weighted by Crippen LogP contribution is -2.35. The molecule has 0 aliphatic carbocycles.